The summed E-state index contributed by atoms with van der Waals surface area (Å²) in [5.41, 5.74) is 4.84. The summed E-state index contributed by atoms with van der Waals surface area (Å²) in [6, 6.07) is 7.41. The predicted octanol–water partition coefficient (Wildman–Crippen LogP) is 3.43. The van der Waals surface area contributed by atoms with Gasteiger partial charge in [-0.25, -0.2) is 14.4 Å². The molecule has 8 heteroatoms. The number of nitrogens with zero attached hydrogens (tertiary/aromatic N) is 3. The van der Waals surface area contributed by atoms with E-state index in [1.807, 2.05) is 24.4 Å². The first kappa shape index (κ1) is 18.5. The highest BCUT2D eigenvalue weighted by Gasteiger charge is 2.20. The van der Waals surface area contributed by atoms with Gasteiger partial charge in [0.05, 0.1) is 19.0 Å². The van der Waals surface area contributed by atoms with Gasteiger partial charge in [-0.3, -0.25) is 4.98 Å². The fourth-order valence-corrected chi connectivity index (χ4v) is 3.78. The van der Waals surface area contributed by atoms with Crippen molar-refractivity contribution in [3.63, 3.8) is 0 Å². The van der Waals surface area contributed by atoms with Crippen LogP contribution in [0.25, 0.3) is 22.3 Å². The normalized spacial score (nSPS) is 12.9. The molecule has 0 bridgehead atoms. The van der Waals surface area contributed by atoms with Crippen LogP contribution in [0.4, 0.5) is 10.2 Å². The number of H-pyrrole nitrogens is 1. The van der Waals surface area contributed by atoms with Crippen molar-refractivity contribution in [1.29, 1.82) is 0 Å². The lowest BCUT2D eigenvalue weighted by atomic mass is 10.1. The lowest BCUT2D eigenvalue weighted by Crippen LogP contribution is -2.11. The van der Waals surface area contributed by atoms with Crippen molar-refractivity contribution >= 4 is 16.7 Å². The number of hydrogen-bond acceptors (Lipinski definition) is 6. The van der Waals surface area contributed by atoms with Crippen LogP contribution in [0.15, 0.2) is 42.9 Å². The summed E-state index contributed by atoms with van der Waals surface area (Å²) in [6.45, 7) is 2.09. The number of fused-ring (bicyclic) bond motifs is 2. The lowest BCUT2D eigenvalue weighted by Gasteiger charge is -2.12. The minimum atomic E-state index is -0.404. The third-order valence-electron chi connectivity index (χ3n) is 5.31. The molecule has 0 unspecified atom stereocenters. The third-order valence-corrected chi connectivity index (χ3v) is 5.31. The van der Waals surface area contributed by atoms with E-state index in [-0.39, 0.29) is 0 Å². The van der Waals surface area contributed by atoms with Gasteiger partial charge in [-0.2, -0.15) is 0 Å². The molecule has 3 N–H and O–H groups in total. The molecule has 7 nitrogen and oxygen atoms in total. The van der Waals surface area contributed by atoms with Gasteiger partial charge >= 0.3 is 0 Å². The molecule has 0 atom stereocenters. The zero-order chi connectivity index (χ0) is 20.5. The summed E-state index contributed by atoms with van der Waals surface area (Å²) in [6.07, 6.45) is 5.60. The molecule has 4 aromatic rings. The topological polar surface area (TPSA) is 87.8 Å². The molecule has 0 saturated heterocycles. The van der Waals surface area contributed by atoms with Gasteiger partial charge in [0.15, 0.2) is 5.82 Å². The van der Waals surface area contributed by atoms with E-state index in [1.54, 1.807) is 13.3 Å². The van der Waals surface area contributed by atoms with Gasteiger partial charge in [-0.15, -0.1) is 0 Å². The fraction of sp³-hybridized carbons (Fsp3) is 0.227. The molecular formula is C22H21FN6O. The van der Waals surface area contributed by atoms with Crippen LogP contribution in [0.2, 0.25) is 0 Å². The zero-order valence-electron chi connectivity index (χ0n) is 16.5. The highest BCUT2D eigenvalue weighted by Crippen LogP contribution is 2.27. The minimum Gasteiger partial charge on any atom is -0.497 e. The maximum Gasteiger partial charge on any atom is 0.163 e. The number of rotatable bonds is 6. The third kappa shape index (κ3) is 3.46. The number of pyridine rings is 1. The molecule has 5 rings (SSSR count). The molecule has 0 saturated carbocycles. The maximum absolute atomic E-state index is 13.6. The number of ether oxygens (including phenoxy) is 1. The molecule has 0 radical (unpaired) electrons. The first-order valence-corrected chi connectivity index (χ1v) is 9.80. The van der Waals surface area contributed by atoms with E-state index in [0.717, 1.165) is 40.1 Å². The number of aromatic amines is 1. The van der Waals surface area contributed by atoms with Gasteiger partial charge in [0.25, 0.3) is 0 Å². The molecule has 1 aliphatic heterocycles. The van der Waals surface area contributed by atoms with Gasteiger partial charge in [0.1, 0.15) is 17.4 Å². The van der Waals surface area contributed by atoms with E-state index in [9.17, 15) is 4.39 Å². The van der Waals surface area contributed by atoms with Gasteiger partial charge in [0, 0.05) is 54.1 Å². The summed E-state index contributed by atoms with van der Waals surface area (Å²) < 4.78 is 19.0. The Morgan fingerprint density at radius 1 is 1.17 bits per heavy atom. The van der Waals surface area contributed by atoms with Gasteiger partial charge < -0.3 is 20.4 Å². The van der Waals surface area contributed by atoms with Crippen LogP contribution in [0.3, 0.4) is 0 Å². The average Bonchev–Trinajstić information content (AvgIpc) is 3.40. The molecule has 30 heavy (non-hydrogen) atoms. The SMILES string of the molecule is COc1ccc2[nH]cc(CCNc3nc(-c4cncc(F)c4)nc4c3CNC4)c2c1. The van der Waals surface area contributed by atoms with Gasteiger partial charge in [-0.05, 0) is 36.2 Å². The van der Waals surface area contributed by atoms with E-state index in [2.05, 4.69) is 30.6 Å². The predicted molar refractivity (Wildman–Crippen MR) is 113 cm³/mol. The van der Waals surface area contributed by atoms with E-state index in [4.69, 9.17) is 4.74 Å². The summed E-state index contributed by atoms with van der Waals surface area (Å²) in [5.74, 6) is 1.69. The highest BCUT2D eigenvalue weighted by molar-refractivity contribution is 5.84. The Balaban J connectivity index is 1.39. The Morgan fingerprint density at radius 2 is 2.10 bits per heavy atom. The van der Waals surface area contributed by atoms with Crippen LogP contribution in [0.1, 0.15) is 16.8 Å². The van der Waals surface area contributed by atoms with Gasteiger partial charge in [-0.1, -0.05) is 0 Å². The number of methoxy groups -OCH3 is 1. The average molecular weight is 404 g/mol. The molecule has 152 valence electrons. The van der Waals surface area contributed by atoms with Crippen LogP contribution in [0.5, 0.6) is 5.75 Å². The second-order valence-corrected chi connectivity index (χ2v) is 7.22. The van der Waals surface area contributed by atoms with E-state index < -0.39 is 5.82 Å². The summed E-state index contributed by atoms with van der Waals surface area (Å²) in [5, 5.41) is 7.91. The number of hydrogen-bond donors (Lipinski definition) is 3. The Morgan fingerprint density at radius 3 is 2.97 bits per heavy atom. The number of aromatic nitrogens is 4. The largest absolute Gasteiger partial charge is 0.497 e. The van der Waals surface area contributed by atoms with Crippen molar-refractivity contribution < 1.29 is 9.13 Å². The van der Waals surface area contributed by atoms with E-state index in [0.29, 0.717) is 31.0 Å². The van der Waals surface area contributed by atoms with Crippen molar-refractivity contribution in [2.45, 2.75) is 19.5 Å². The van der Waals surface area contributed by atoms with Gasteiger partial charge in [0.2, 0.25) is 0 Å². The first-order chi connectivity index (χ1) is 14.7. The van der Waals surface area contributed by atoms with Crippen molar-refractivity contribution in [1.82, 2.24) is 25.3 Å². The van der Waals surface area contributed by atoms with Crippen molar-refractivity contribution in [3.05, 3.63) is 65.5 Å². The number of nitrogens with one attached hydrogen (secondary N) is 3. The molecule has 0 spiro atoms. The van der Waals surface area contributed by atoms with Crippen LogP contribution in [-0.4, -0.2) is 33.6 Å². The fourth-order valence-electron chi connectivity index (χ4n) is 3.78. The molecule has 0 aliphatic carbocycles. The maximum atomic E-state index is 13.6. The first-order valence-electron chi connectivity index (χ1n) is 9.80. The highest BCUT2D eigenvalue weighted by atomic mass is 19.1. The van der Waals surface area contributed by atoms with E-state index in [1.165, 1.54) is 17.8 Å². The summed E-state index contributed by atoms with van der Waals surface area (Å²) >= 11 is 0. The molecule has 3 aromatic heterocycles. The monoisotopic (exact) mass is 404 g/mol. The summed E-state index contributed by atoms with van der Waals surface area (Å²) in [4.78, 5) is 16.5. The van der Waals surface area contributed by atoms with Crippen molar-refractivity contribution in [2.75, 3.05) is 19.0 Å². The standard InChI is InChI=1S/C22H21FN6O/c1-30-16-2-3-19-17(7-16)13(9-27-19)4-5-26-22-18-11-25-12-20(18)28-21(29-22)14-6-15(23)10-24-8-14/h2-3,6-10,25,27H,4-5,11-12H2,1H3,(H,26,28,29). The second-order valence-electron chi connectivity index (χ2n) is 7.22. The summed E-state index contributed by atoms with van der Waals surface area (Å²) in [7, 11) is 1.67. The van der Waals surface area contributed by atoms with Crippen LogP contribution >= 0.6 is 0 Å². The lowest BCUT2D eigenvalue weighted by molar-refractivity contribution is 0.415. The minimum absolute atomic E-state index is 0.404. The van der Waals surface area contributed by atoms with Crippen LogP contribution in [-0.2, 0) is 19.5 Å². The number of anilines is 1. The Labute approximate surface area is 172 Å². The molecular weight excluding hydrogens is 383 g/mol. The second kappa shape index (κ2) is 7.72. The van der Waals surface area contributed by atoms with Crippen molar-refractivity contribution in [2.24, 2.45) is 0 Å². The molecule has 4 heterocycles. The molecule has 1 aliphatic rings. The Kier molecular flexibility index (Phi) is 4.76. The molecule has 1 aromatic carbocycles. The molecule has 0 amide bonds. The molecule has 0 fully saturated rings. The Bertz CT molecular complexity index is 1220. The smallest absolute Gasteiger partial charge is 0.163 e. The van der Waals surface area contributed by atoms with Crippen LogP contribution < -0.4 is 15.4 Å². The quantitative estimate of drug-likeness (QED) is 0.456. The Hall–Kier alpha value is -3.52. The van der Waals surface area contributed by atoms with E-state index >= 15 is 0 Å². The zero-order valence-corrected chi connectivity index (χ0v) is 16.5. The number of benzene rings is 1. The van der Waals surface area contributed by atoms with Crippen molar-refractivity contribution in [3.8, 4) is 17.1 Å². The van der Waals surface area contributed by atoms with Crippen LogP contribution in [0, 0.1) is 5.82 Å². The number of halogens is 1.